The van der Waals surface area contributed by atoms with Crippen LogP contribution in [-0.2, 0) is 39.2 Å². The summed E-state index contributed by atoms with van der Waals surface area (Å²) in [5.74, 6) is 0.0215. The van der Waals surface area contributed by atoms with E-state index in [1.807, 2.05) is 97.3 Å². The average molecular weight is 660 g/mol. The van der Waals surface area contributed by atoms with Crippen molar-refractivity contribution in [2.24, 2.45) is 5.92 Å². The van der Waals surface area contributed by atoms with Gasteiger partial charge in [0.15, 0.2) is 6.29 Å². The number of nitrogens with zero attached hydrogens (tertiary/aromatic N) is 2. The van der Waals surface area contributed by atoms with E-state index >= 15 is 0 Å². The molecule has 1 fully saturated rings. The standard InChI is InChI=1S/C39H37N3O5S/c1-27-37(24-42-26-40-35-13-7-8-14-36(35)42)46-39(47-38(27)30-17-15-28(25-43)16-18-30)31-21-19-29(20-22-31)34-12-6-5-9-32(34)23-41-48(44,45)33-10-3-2-4-11-33/h2-22,26-27,37-39,41,43H,23-25H2,1H3/t27-,37+,38+,39+/m0/s1. The van der Waals surface area contributed by atoms with E-state index in [-0.39, 0.29) is 36.2 Å². The Hall–Kier alpha value is -4.64. The molecule has 6 aromatic rings. The van der Waals surface area contributed by atoms with Crippen LogP contribution in [0.25, 0.3) is 22.2 Å². The molecule has 5 aromatic carbocycles. The van der Waals surface area contributed by atoms with Gasteiger partial charge in [-0.15, -0.1) is 0 Å². The minimum absolute atomic E-state index is 0.0161. The molecule has 2 heterocycles. The van der Waals surface area contributed by atoms with Crippen molar-refractivity contribution >= 4 is 21.1 Å². The predicted octanol–water partition coefficient (Wildman–Crippen LogP) is 7.17. The van der Waals surface area contributed by atoms with Crippen molar-refractivity contribution in [1.29, 1.82) is 0 Å². The van der Waals surface area contributed by atoms with Crippen LogP contribution in [0.5, 0.6) is 0 Å². The maximum Gasteiger partial charge on any atom is 0.240 e. The summed E-state index contributed by atoms with van der Waals surface area (Å²) < 4.78 is 44.0. The predicted molar refractivity (Wildman–Crippen MR) is 185 cm³/mol. The molecule has 0 spiro atoms. The molecule has 1 aromatic heterocycles. The van der Waals surface area contributed by atoms with Crippen LogP contribution in [0.3, 0.4) is 0 Å². The first-order chi connectivity index (χ1) is 23.4. The van der Waals surface area contributed by atoms with Gasteiger partial charge in [0.05, 0.1) is 47.6 Å². The second-order valence-corrected chi connectivity index (χ2v) is 13.9. The number of imidazole rings is 1. The Morgan fingerprint density at radius 3 is 2.25 bits per heavy atom. The Kier molecular flexibility index (Phi) is 9.21. The summed E-state index contributed by atoms with van der Waals surface area (Å²) in [6.45, 7) is 2.90. The van der Waals surface area contributed by atoms with E-state index in [1.165, 1.54) is 0 Å². The quantitative estimate of drug-likeness (QED) is 0.162. The summed E-state index contributed by atoms with van der Waals surface area (Å²) in [6, 6.07) is 40.2. The van der Waals surface area contributed by atoms with Crippen molar-refractivity contribution in [2.75, 3.05) is 0 Å². The number of para-hydroxylation sites is 2. The van der Waals surface area contributed by atoms with Crippen molar-refractivity contribution in [1.82, 2.24) is 14.3 Å². The van der Waals surface area contributed by atoms with Gasteiger partial charge in [0.2, 0.25) is 10.0 Å². The number of aliphatic hydroxyl groups excluding tert-OH is 1. The highest BCUT2D eigenvalue weighted by molar-refractivity contribution is 7.89. The number of aromatic nitrogens is 2. The minimum atomic E-state index is -3.65. The molecular formula is C39H37N3O5S. The first kappa shape index (κ1) is 31.9. The first-order valence-electron chi connectivity index (χ1n) is 16.0. The van der Waals surface area contributed by atoms with E-state index in [4.69, 9.17) is 9.47 Å². The van der Waals surface area contributed by atoms with Crippen LogP contribution in [0.15, 0.2) is 139 Å². The average Bonchev–Trinajstić information content (AvgIpc) is 3.55. The number of hydrogen-bond donors (Lipinski definition) is 2. The van der Waals surface area contributed by atoms with Crippen LogP contribution < -0.4 is 4.72 Å². The van der Waals surface area contributed by atoms with E-state index in [2.05, 4.69) is 27.3 Å². The van der Waals surface area contributed by atoms with Gasteiger partial charge in [0, 0.05) is 18.0 Å². The highest BCUT2D eigenvalue weighted by Crippen LogP contribution is 2.42. The lowest BCUT2D eigenvalue weighted by molar-refractivity contribution is -0.276. The van der Waals surface area contributed by atoms with Gasteiger partial charge in [-0.05, 0) is 52.1 Å². The summed E-state index contributed by atoms with van der Waals surface area (Å²) >= 11 is 0. The zero-order valence-corrected chi connectivity index (χ0v) is 27.3. The summed E-state index contributed by atoms with van der Waals surface area (Å²) in [7, 11) is -3.65. The van der Waals surface area contributed by atoms with Gasteiger partial charge in [-0.1, -0.05) is 110 Å². The highest BCUT2D eigenvalue weighted by atomic mass is 32.2. The topological polar surface area (TPSA) is 103 Å². The van der Waals surface area contributed by atoms with Crippen molar-refractivity contribution in [2.45, 2.75) is 50.0 Å². The fourth-order valence-corrected chi connectivity index (χ4v) is 7.34. The van der Waals surface area contributed by atoms with E-state index in [0.29, 0.717) is 6.54 Å². The number of ether oxygens (including phenoxy) is 2. The number of hydrogen-bond acceptors (Lipinski definition) is 6. The van der Waals surface area contributed by atoms with Crippen molar-refractivity contribution in [3.8, 4) is 11.1 Å². The molecule has 48 heavy (non-hydrogen) atoms. The van der Waals surface area contributed by atoms with Gasteiger partial charge in [0.1, 0.15) is 0 Å². The summed E-state index contributed by atoms with van der Waals surface area (Å²) in [4.78, 5) is 4.82. The molecule has 1 aliphatic heterocycles. The molecule has 8 nitrogen and oxygen atoms in total. The molecule has 0 radical (unpaired) electrons. The largest absolute Gasteiger partial charge is 0.392 e. The van der Waals surface area contributed by atoms with Gasteiger partial charge < -0.3 is 19.1 Å². The molecule has 244 valence electrons. The third-order valence-electron chi connectivity index (χ3n) is 9.04. The van der Waals surface area contributed by atoms with E-state index in [0.717, 1.165) is 44.4 Å². The Morgan fingerprint density at radius 2 is 1.48 bits per heavy atom. The molecular weight excluding hydrogens is 623 g/mol. The van der Waals surface area contributed by atoms with Crippen LogP contribution in [0.4, 0.5) is 0 Å². The van der Waals surface area contributed by atoms with Gasteiger partial charge in [-0.2, -0.15) is 0 Å². The molecule has 9 heteroatoms. The van der Waals surface area contributed by atoms with E-state index in [1.54, 1.807) is 30.3 Å². The molecule has 4 atom stereocenters. The number of rotatable bonds is 10. The SMILES string of the molecule is C[C@H]1[C@@H](Cn2cnc3ccccc32)O[C@@H](c2ccc(-c3ccccc3CNS(=O)(=O)c3ccccc3)cc2)O[C@H]1c1ccc(CO)cc1. The van der Waals surface area contributed by atoms with Crippen molar-refractivity contribution in [3.05, 3.63) is 156 Å². The van der Waals surface area contributed by atoms with Crippen molar-refractivity contribution in [3.63, 3.8) is 0 Å². The molecule has 1 aliphatic rings. The smallest absolute Gasteiger partial charge is 0.240 e. The lowest BCUT2D eigenvalue weighted by atomic mass is 9.90. The Balaban J connectivity index is 1.15. The molecule has 0 bridgehead atoms. The monoisotopic (exact) mass is 659 g/mol. The fraction of sp³-hybridized carbons (Fsp3) is 0.205. The molecule has 0 unspecified atom stereocenters. The summed E-state index contributed by atoms with van der Waals surface area (Å²) in [5, 5.41) is 9.60. The van der Waals surface area contributed by atoms with Gasteiger partial charge >= 0.3 is 0 Å². The number of fused-ring (bicyclic) bond motifs is 1. The summed E-state index contributed by atoms with van der Waals surface area (Å²) in [5.41, 5.74) is 7.49. The Labute approximate surface area is 280 Å². The molecule has 0 aliphatic carbocycles. The lowest BCUT2D eigenvalue weighted by Gasteiger charge is -2.41. The van der Waals surface area contributed by atoms with Crippen LogP contribution >= 0.6 is 0 Å². The van der Waals surface area contributed by atoms with Crippen molar-refractivity contribution < 1.29 is 23.0 Å². The van der Waals surface area contributed by atoms with Gasteiger partial charge in [0.25, 0.3) is 0 Å². The molecule has 2 N–H and O–H groups in total. The Bertz CT molecular complexity index is 2100. The molecule has 7 rings (SSSR count). The third-order valence-corrected chi connectivity index (χ3v) is 10.5. The minimum Gasteiger partial charge on any atom is -0.392 e. The Morgan fingerprint density at radius 1 is 0.792 bits per heavy atom. The number of aliphatic hydroxyl groups is 1. The zero-order valence-electron chi connectivity index (χ0n) is 26.5. The number of nitrogens with one attached hydrogen (secondary N) is 1. The zero-order chi connectivity index (χ0) is 33.1. The number of sulfonamides is 1. The van der Waals surface area contributed by atoms with Crippen LogP contribution in [0.1, 0.15) is 41.6 Å². The lowest BCUT2D eigenvalue weighted by Crippen LogP contribution is -2.39. The second-order valence-electron chi connectivity index (χ2n) is 12.1. The highest BCUT2D eigenvalue weighted by Gasteiger charge is 2.38. The normalized spacial score (nSPS) is 19.8. The molecule has 0 saturated carbocycles. The van der Waals surface area contributed by atoms with Gasteiger partial charge in [-0.3, -0.25) is 0 Å². The maximum absolute atomic E-state index is 12.9. The number of benzene rings is 5. The maximum atomic E-state index is 12.9. The first-order valence-corrected chi connectivity index (χ1v) is 17.5. The second kappa shape index (κ2) is 13.8. The van der Waals surface area contributed by atoms with Crippen LogP contribution in [-0.4, -0.2) is 29.2 Å². The molecule has 0 amide bonds. The van der Waals surface area contributed by atoms with E-state index < -0.39 is 16.3 Å². The third kappa shape index (κ3) is 6.69. The molecule has 1 saturated heterocycles. The summed E-state index contributed by atoms with van der Waals surface area (Å²) in [6.07, 6.45) is 0.823. The van der Waals surface area contributed by atoms with E-state index in [9.17, 15) is 13.5 Å². The van der Waals surface area contributed by atoms with Gasteiger partial charge in [-0.25, -0.2) is 18.1 Å². The van der Waals surface area contributed by atoms with Crippen LogP contribution in [0, 0.1) is 5.92 Å². The fourth-order valence-electron chi connectivity index (χ4n) is 6.31. The van der Waals surface area contributed by atoms with Crippen LogP contribution in [0.2, 0.25) is 0 Å².